The SMILES string of the molecule is COc1ccc2c(O[C@@H]3C[C@H](C(=O)Nc4cc(C(F)(F)F)ccc4C(=O)NS(=O)(=O)c4ccccc4)N(C(=O)[C@@H](NC(=O)OC(C)(C)C)C(C)(C)C)C3)cc(-c3ccccc3)nc2c1. The van der Waals surface area contributed by atoms with Gasteiger partial charge in [0.2, 0.25) is 11.8 Å². The van der Waals surface area contributed by atoms with E-state index in [0.717, 1.165) is 16.5 Å². The number of aromatic nitrogens is 1. The summed E-state index contributed by atoms with van der Waals surface area (Å²) in [5.41, 5.74) is -2.66. The normalized spacial score (nSPS) is 16.1. The number of nitrogens with zero attached hydrogens (tertiary/aromatic N) is 2. The predicted octanol–water partition coefficient (Wildman–Crippen LogP) is 7.97. The van der Waals surface area contributed by atoms with Crippen molar-refractivity contribution in [2.24, 2.45) is 5.41 Å². The first-order chi connectivity index (χ1) is 29.9. The zero-order valence-electron chi connectivity index (χ0n) is 36.1. The van der Waals surface area contributed by atoms with E-state index >= 15 is 0 Å². The molecular formula is C46H48F3N5O9S. The van der Waals surface area contributed by atoms with Crippen LogP contribution in [0.25, 0.3) is 22.2 Å². The number of fused-ring (bicyclic) bond motifs is 1. The zero-order valence-corrected chi connectivity index (χ0v) is 36.9. The van der Waals surface area contributed by atoms with Gasteiger partial charge in [0, 0.05) is 29.5 Å². The van der Waals surface area contributed by atoms with Crippen molar-refractivity contribution >= 4 is 50.4 Å². The molecule has 2 heterocycles. The summed E-state index contributed by atoms with van der Waals surface area (Å²) < 4.78 is 87.9. The number of carbonyl (C=O) groups is 4. The third-order valence-electron chi connectivity index (χ3n) is 10.1. The lowest BCUT2D eigenvalue weighted by molar-refractivity contribution is -0.140. The number of carbonyl (C=O) groups excluding carboxylic acids is 4. The molecule has 0 radical (unpaired) electrons. The molecule has 3 N–H and O–H groups in total. The van der Waals surface area contributed by atoms with Crippen LogP contribution in [0, 0.1) is 5.41 Å². The average molecular weight is 904 g/mol. The van der Waals surface area contributed by atoms with Crippen LogP contribution in [-0.4, -0.2) is 79.6 Å². The number of hydrogen-bond acceptors (Lipinski definition) is 10. The molecule has 338 valence electrons. The number of anilines is 1. The standard InChI is InChI=1S/C46H48F3N5O9S/c1-44(2,3)39(52-43(58)63-45(4,5)6)42(57)54-26-30(62-38-25-34(27-14-10-8-11-15-27)50-36-23-29(61-7)19-21-32(36)38)24-37(54)41(56)51-35-22-28(46(47,48)49)18-20-33(35)40(55)53-64(59,60)31-16-12-9-13-17-31/h8-23,25,30,37,39H,24,26H2,1-7H3,(H,51,56)(H,52,58)(H,53,55)/t30-,37-,39-/m1/s1. The van der Waals surface area contributed by atoms with Gasteiger partial charge in [-0.2, -0.15) is 13.2 Å². The molecule has 4 aromatic carbocycles. The number of methoxy groups -OCH3 is 1. The van der Waals surface area contributed by atoms with E-state index in [1.165, 1.54) is 31.4 Å². The Balaban J connectivity index is 1.40. The summed E-state index contributed by atoms with van der Waals surface area (Å²) >= 11 is 0. The highest BCUT2D eigenvalue weighted by Gasteiger charge is 2.46. The summed E-state index contributed by atoms with van der Waals surface area (Å²) in [7, 11) is -3.00. The summed E-state index contributed by atoms with van der Waals surface area (Å²) in [5, 5.41) is 5.58. The topological polar surface area (TPSA) is 182 Å². The molecule has 0 unspecified atom stereocenters. The second-order valence-corrected chi connectivity index (χ2v) is 18.9. The first-order valence-corrected chi connectivity index (χ1v) is 21.6. The number of ether oxygens (including phenoxy) is 3. The van der Waals surface area contributed by atoms with Gasteiger partial charge >= 0.3 is 12.3 Å². The van der Waals surface area contributed by atoms with E-state index in [-0.39, 0.29) is 17.9 Å². The van der Waals surface area contributed by atoms with Crippen molar-refractivity contribution in [3.05, 3.63) is 114 Å². The third-order valence-corrected chi connectivity index (χ3v) is 11.4. The molecule has 0 saturated carbocycles. The van der Waals surface area contributed by atoms with E-state index in [1.807, 2.05) is 35.1 Å². The first-order valence-electron chi connectivity index (χ1n) is 20.1. The van der Waals surface area contributed by atoms with E-state index < -0.39 is 86.0 Å². The number of likely N-dealkylation sites (tertiary alicyclic amines) is 1. The quantitative estimate of drug-likeness (QED) is 0.118. The van der Waals surface area contributed by atoms with Crippen molar-refractivity contribution in [2.75, 3.05) is 19.0 Å². The Hall–Kier alpha value is -6.69. The molecule has 64 heavy (non-hydrogen) atoms. The molecule has 1 fully saturated rings. The van der Waals surface area contributed by atoms with Gasteiger partial charge in [-0.3, -0.25) is 14.4 Å². The van der Waals surface area contributed by atoms with Crippen molar-refractivity contribution < 1.29 is 55.0 Å². The maximum Gasteiger partial charge on any atom is 0.416 e. The summed E-state index contributed by atoms with van der Waals surface area (Å²) in [4.78, 5) is 61.7. The fourth-order valence-corrected chi connectivity index (χ4v) is 8.01. The fraction of sp³-hybridized carbons (Fsp3) is 0.326. The van der Waals surface area contributed by atoms with Crippen LogP contribution in [0.15, 0.2) is 108 Å². The van der Waals surface area contributed by atoms with Crippen LogP contribution in [0.1, 0.15) is 63.9 Å². The van der Waals surface area contributed by atoms with Crippen LogP contribution in [0.3, 0.4) is 0 Å². The third kappa shape index (κ3) is 11.1. The van der Waals surface area contributed by atoms with Gasteiger partial charge in [-0.1, -0.05) is 69.3 Å². The molecule has 5 aromatic rings. The van der Waals surface area contributed by atoms with Gasteiger partial charge in [0.05, 0.1) is 46.6 Å². The summed E-state index contributed by atoms with van der Waals surface area (Å²) in [6.07, 6.45) is -7.00. The first kappa shape index (κ1) is 46.8. The molecule has 0 spiro atoms. The number of rotatable bonds is 11. The van der Waals surface area contributed by atoms with Crippen LogP contribution in [0.2, 0.25) is 0 Å². The van der Waals surface area contributed by atoms with Crippen molar-refractivity contribution in [3.63, 3.8) is 0 Å². The van der Waals surface area contributed by atoms with Crippen LogP contribution in [0.5, 0.6) is 11.5 Å². The highest BCUT2D eigenvalue weighted by molar-refractivity contribution is 7.90. The number of nitrogens with one attached hydrogen (secondary N) is 3. The fourth-order valence-electron chi connectivity index (χ4n) is 7.03. The van der Waals surface area contributed by atoms with E-state index in [4.69, 9.17) is 19.2 Å². The van der Waals surface area contributed by atoms with Gasteiger partial charge in [0.1, 0.15) is 35.3 Å². The van der Waals surface area contributed by atoms with Gasteiger partial charge in [-0.15, -0.1) is 0 Å². The van der Waals surface area contributed by atoms with Gasteiger partial charge in [-0.05, 0) is 68.7 Å². The molecule has 1 aliphatic rings. The molecular weight excluding hydrogens is 856 g/mol. The van der Waals surface area contributed by atoms with Gasteiger partial charge in [-0.25, -0.2) is 22.9 Å². The van der Waals surface area contributed by atoms with Crippen molar-refractivity contribution in [3.8, 4) is 22.8 Å². The largest absolute Gasteiger partial charge is 0.497 e. The van der Waals surface area contributed by atoms with E-state index in [9.17, 15) is 40.8 Å². The van der Waals surface area contributed by atoms with Gasteiger partial charge in [0.25, 0.3) is 15.9 Å². The van der Waals surface area contributed by atoms with Gasteiger partial charge in [0.15, 0.2) is 0 Å². The monoisotopic (exact) mass is 903 g/mol. The molecule has 1 aromatic heterocycles. The average Bonchev–Trinajstić information content (AvgIpc) is 3.65. The van der Waals surface area contributed by atoms with Crippen LogP contribution < -0.4 is 24.8 Å². The molecule has 14 nitrogen and oxygen atoms in total. The van der Waals surface area contributed by atoms with E-state index in [2.05, 4.69) is 10.6 Å². The maximum atomic E-state index is 14.7. The Morgan fingerprint density at radius 3 is 2.11 bits per heavy atom. The number of alkyl halides is 3. The number of benzene rings is 4. The van der Waals surface area contributed by atoms with Crippen LogP contribution in [0.4, 0.5) is 23.7 Å². The minimum Gasteiger partial charge on any atom is -0.497 e. The Bertz CT molecular complexity index is 2670. The molecule has 4 amide bonds. The lowest BCUT2D eigenvalue weighted by Gasteiger charge is -2.35. The number of amides is 4. The molecule has 3 atom stereocenters. The van der Waals surface area contributed by atoms with E-state index in [1.54, 1.807) is 71.9 Å². The number of halogens is 3. The molecule has 0 bridgehead atoms. The summed E-state index contributed by atoms with van der Waals surface area (Å²) in [5.74, 6) is -2.25. The highest BCUT2D eigenvalue weighted by atomic mass is 32.2. The predicted molar refractivity (Wildman–Crippen MR) is 232 cm³/mol. The Morgan fingerprint density at radius 1 is 0.844 bits per heavy atom. The Morgan fingerprint density at radius 2 is 1.50 bits per heavy atom. The van der Waals surface area contributed by atoms with Crippen LogP contribution in [-0.2, 0) is 30.5 Å². The minimum absolute atomic E-state index is 0.218. The molecule has 0 aliphatic carbocycles. The number of alkyl carbamates (subject to hydrolysis) is 1. The summed E-state index contributed by atoms with van der Waals surface area (Å²) in [6, 6.07) is 22.0. The number of sulfonamides is 1. The lowest BCUT2D eigenvalue weighted by Crippen LogP contribution is -2.57. The molecule has 18 heteroatoms. The van der Waals surface area contributed by atoms with Crippen LogP contribution >= 0.6 is 0 Å². The van der Waals surface area contributed by atoms with Crippen molar-refractivity contribution in [2.45, 2.75) is 82.8 Å². The lowest BCUT2D eigenvalue weighted by atomic mass is 9.85. The molecule has 6 rings (SSSR count). The molecule has 1 aliphatic heterocycles. The Kier molecular flexibility index (Phi) is 13.3. The number of pyridine rings is 1. The maximum absolute atomic E-state index is 14.7. The number of hydrogen-bond donors (Lipinski definition) is 3. The summed E-state index contributed by atoms with van der Waals surface area (Å²) in [6.45, 7) is 9.74. The van der Waals surface area contributed by atoms with Gasteiger partial charge < -0.3 is 29.7 Å². The smallest absolute Gasteiger partial charge is 0.416 e. The second kappa shape index (κ2) is 18.2. The van der Waals surface area contributed by atoms with Crippen molar-refractivity contribution in [1.29, 1.82) is 0 Å². The molecule has 1 saturated heterocycles. The van der Waals surface area contributed by atoms with Crippen molar-refractivity contribution in [1.82, 2.24) is 19.9 Å². The second-order valence-electron chi connectivity index (χ2n) is 17.2. The Labute approximate surface area is 368 Å². The zero-order chi connectivity index (χ0) is 46.8. The minimum atomic E-state index is -4.94. The highest BCUT2D eigenvalue weighted by Crippen LogP contribution is 2.37. The van der Waals surface area contributed by atoms with E-state index in [0.29, 0.717) is 40.2 Å².